The Balaban J connectivity index is 1.80. The first-order chi connectivity index (χ1) is 11.2. The Morgan fingerprint density at radius 3 is 2.39 bits per heavy atom. The van der Waals surface area contributed by atoms with E-state index in [0.717, 1.165) is 23.1 Å². The van der Waals surface area contributed by atoms with Gasteiger partial charge in [-0.05, 0) is 35.2 Å². The Labute approximate surface area is 136 Å². The number of benzene rings is 2. The lowest BCUT2D eigenvalue weighted by molar-refractivity contribution is 0.280. The molecule has 0 fully saturated rings. The van der Waals surface area contributed by atoms with Crippen molar-refractivity contribution in [1.82, 2.24) is 10.6 Å². The number of hydrogen-bond donors (Lipinski definition) is 3. The Morgan fingerprint density at radius 1 is 1.04 bits per heavy atom. The fourth-order valence-electron chi connectivity index (χ4n) is 2.26. The molecule has 0 radical (unpaired) electrons. The fourth-order valence-corrected chi connectivity index (χ4v) is 2.26. The van der Waals surface area contributed by atoms with Crippen LogP contribution in [0.4, 0.5) is 4.39 Å². The van der Waals surface area contributed by atoms with Crippen molar-refractivity contribution in [2.45, 2.75) is 19.6 Å². The van der Waals surface area contributed by atoms with E-state index in [1.807, 2.05) is 24.3 Å². The van der Waals surface area contributed by atoms with Crippen LogP contribution in [0.15, 0.2) is 53.5 Å². The summed E-state index contributed by atoms with van der Waals surface area (Å²) in [5, 5.41) is 15.8. The zero-order chi connectivity index (χ0) is 16.5. The maximum atomic E-state index is 12.9. The van der Waals surface area contributed by atoms with E-state index in [2.05, 4.69) is 15.6 Å². The molecule has 5 heteroatoms. The molecule has 0 heterocycles. The van der Waals surface area contributed by atoms with Crippen molar-refractivity contribution in [3.8, 4) is 0 Å². The van der Waals surface area contributed by atoms with Gasteiger partial charge < -0.3 is 15.7 Å². The number of halogens is 1. The number of aliphatic imine (C=N–C) groups is 1. The largest absolute Gasteiger partial charge is 0.392 e. The van der Waals surface area contributed by atoms with E-state index in [0.29, 0.717) is 19.0 Å². The van der Waals surface area contributed by atoms with Gasteiger partial charge in [0.2, 0.25) is 0 Å². The van der Waals surface area contributed by atoms with Crippen molar-refractivity contribution in [1.29, 1.82) is 0 Å². The summed E-state index contributed by atoms with van der Waals surface area (Å²) in [6.45, 7) is 1.31. The number of aliphatic hydroxyl groups is 1. The lowest BCUT2D eigenvalue weighted by Gasteiger charge is -2.13. The molecule has 0 aromatic heterocycles. The van der Waals surface area contributed by atoms with Crippen LogP contribution >= 0.6 is 0 Å². The molecule has 0 unspecified atom stereocenters. The summed E-state index contributed by atoms with van der Waals surface area (Å²) in [5.74, 6) is 0.474. The normalized spacial score (nSPS) is 11.3. The molecule has 0 amide bonds. The zero-order valence-electron chi connectivity index (χ0n) is 13.2. The van der Waals surface area contributed by atoms with Crippen LogP contribution in [0.2, 0.25) is 0 Å². The standard InChI is InChI=1S/C18H22FN3O/c1-20-18(21-11-10-14-6-8-17(19)9-7-14)22-12-15-4-2-3-5-16(15)13-23/h2-9,23H,10-13H2,1H3,(H2,20,21,22). The fraction of sp³-hybridized carbons (Fsp3) is 0.278. The minimum Gasteiger partial charge on any atom is -0.392 e. The quantitative estimate of drug-likeness (QED) is 0.566. The Hall–Kier alpha value is -2.40. The van der Waals surface area contributed by atoms with Crippen molar-refractivity contribution in [2.24, 2.45) is 4.99 Å². The van der Waals surface area contributed by atoms with E-state index in [1.165, 1.54) is 12.1 Å². The third-order valence-electron chi connectivity index (χ3n) is 3.58. The van der Waals surface area contributed by atoms with Gasteiger partial charge in [-0.15, -0.1) is 0 Å². The number of guanidine groups is 1. The van der Waals surface area contributed by atoms with Crippen LogP contribution in [-0.4, -0.2) is 24.7 Å². The Kier molecular flexibility index (Phi) is 6.56. The molecule has 0 aliphatic heterocycles. The maximum absolute atomic E-state index is 12.9. The molecule has 0 bridgehead atoms. The first-order valence-electron chi connectivity index (χ1n) is 7.59. The first-order valence-corrected chi connectivity index (χ1v) is 7.59. The molecule has 0 aliphatic carbocycles. The molecule has 122 valence electrons. The Morgan fingerprint density at radius 2 is 1.74 bits per heavy atom. The van der Waals surface area contributed by atoms with Crippen molar-refractivity contribution < 1.29 is 9.50 Å². The summed E-state index contributed by atoms with van der Waals surface area (Å²) in [6, 6.07) is 14.2. The molecule has 0 spiro atoms. The highest BCUT2D eigenvalue weighted by Crippen LogP contribution is 2.08. The molecular weight excluding hydrogens is 293 g/mol. The number of hydrogen-bond acceptors (Lipinski definition) is 2. The molecule has 0 atom stereocenters. The van der Waals surface area contributed by atoms with Crippen molar-refractivity contribution >= 4 is 5.96 Å². The smallest absolute Gasteiger partial charge is 0.191 e. The summed E-state index contributed by atoms with van der Waals surface area (Å²) in [4.78, 5) is 4.18. The van der Waals surface area contributed by atoms with E-state index in [1.54, 1.807) is 19.2 Å². The topological polar surface area (TPSA) is 56.7 Å². The second kappa shape index (κ2) is 8.90. The van der Waals surface area contributed by atoms with Gasteiger partial charge in [0.25, 0.3) is 0 Å². The predicted molar refractivity (Wildman–Crippen MR) is 90.7 cm³/mol. The summed E-state index contributed by atoms with van der Waals surface area (Å²) in [5.41, 5.74) is 3.01. The van der Waals surface area contributed by atoms with Crippen LogP contribution in [-0.2, 0) is 19.6 Å². The van der Waals surface area contributed by atoms with Crippen LogP contribution in [0.5, 0.6) is 0 Å². The highest BCUT2D eigenvalue weighted by Gasteiger charge is 2.02. The Bertz CT molecular complexity index is 641. The number of nitrogens with one attached hydrogen (secondary N) is 2. The highest BCUT2D eigenvalue weighted by molar-refractivity contribution is 5.79. The van der Waals surface area contributed by atoms with Crippen LogP contribution in [0, 0.1) is 5.82 Å². The minimum absolute atomic E-state index is 0.0223. The van der Waals surface area contributed by atoms with Gasteiger partial charge in [0.15, 0.2) is 5.96 Å². The molecule has 2 aromatic carbocycles. The minimum atomic E-state index is -0.221. The summed E-state index contributed by atoms with van der Waals surface area (Å²) in [7, 11) is 1.71. The molecule has 3 N–H and O–H groups in total. The predicted octanol–water partition coefficient (Wildman–Crippen LogP) is 2.23. The number of nitrogens with zero attached hydrogens (tertiary/aromatic N) is 1. The van der Waals surface area contributed by atoms with Gasteiger partial charge >= 0.3 is 0 Å². The molecule has 0 aliphatic rings. The molecule has 2 aromatic rings. The van der Waals surface area contributed by atoms with Gasteiger partial charge in [0.05, 0.1) is 6.61 Å². The summed E-state index contributed by atoms with van der Waals surface area (Å²) in [6.07, 6.45) is 0.786. The molecular formula is C18H22FN3O. The second-order valence-corrected chi connectivity index (χ2v) is 5.16. The average molecular weight is 315 g/mol. The lowest BCUT2D eigenvalue weighted by atomic mass is 10.1. The number of rotatable bonds is 6. The SMILES string of the molecule is CN=C(NCCc1ccc(F)cc1)NCc1ccccc1CO. The molecule has 23 heavy (non-hydrogen) atoms. The van der Waals surface area contributed by atoms with Crippen molar-refractivity contribution in [2.75, 3.05) is 13.6 Å². The van der Waals surface area contributed by atoms with Gasteiger partial charge in [0.1, 0.15) is 5.82 Å². The van der Waals surface area contributed by atoms with Gasteiger partial charge in [-0.1, -0.05) is 36.4 Å². The number of aliphatic hydroxyl groups excluding tert-OH is 1. The van der Waals surface area contributed by atoms with Crippen LogP contribution in [0.3, 0.4) is 0 Å². The maximum Gasteiger partial charge on any atom is 0.191 e. The van der Waals surface area contributed by atoms with Gasteiger partial charge in [0, 0.05) is 20.1 Å². The molecule has 4 nitrogen and oxygen atoms in total. The average Bonchev–Trinajstić information content (AvgIpc) is 2.59. The van der Waals surface area contributed by atoms with Gasteiger partial charge in [-0.25, -0.2) is 4.39 Å². The van der Waals surface area contributed by atoms with Gasteiger partial charge in [-0.3, -0.25) is 4.99 Å². The lowest BCUT2D eigenvalue weighted by Crippen LogP contribution is -2.38. The van der Waals surface area contributed by atoms with Gasteiger partial charge in [-0.2, -0.15) is 0 Å². The van der Waals surface area contributed by atoms with E-state index in [9.17, 15) is 9.50 Å². The molecule has 0 saturated heterocycles. The molecule has 2 rings (SSSR count). The van der Waals surface area contributed by atoms with Crippen LogP contribution in [0.25, 0.3) is 0 Å². The van der Waals surface area contributed by atoms with Crippen LogP contribution in [0.1, 0.15) is 16.7 Å². The van der Waals surface area contributed by atoms with Crippen molar-refractivity contribution in [3.63, 3.8) is 0 Å². The third-order valence-corrected chi connectivity index (χ3v) is 3.58. The second-order valence-electron chi connectivity index (χ2n) is 5.16. The van der Waals surface area contributed by atoms with E-state index in [-0.39, 0.29) is 12.4 Å². The molecule has 0 saturated carbocycles. The van der Waals surface area contributed by atoms with E-state index in [4.69, 9.17) is 0 Å². The van der Waals surface area contributed by atoms with E-state index < -0.39 is 0 Å². The highest BCUT2D eigenvalue weighted by atomic mass is 19.1. The summed E-state index contributed by atoms with van der Waals surface area (Å²) >= 11 is 0. The van der Waals surface area contributed by atoms with Crippen LogP contribution < -0.4 is 10.6 Å². The van der Waals surface area contributed by atoms with E-state index >= 15 is 0 Å². The third kappa shape index (κ3) is 5.38. The first kappa shape index (κ1) is 17.0. The monoisotopic (exact) mass is 315 g/mol. The summed E-state index contributed by atoms with van der Waals surface area (Å²) < 4.78 is 12.9. The van der Waals surface area contributed by atoms with Crippen molar-refractivity contribution in [3.05, 3.63) is 71.0 Å². The zero-order valence-corrected chi connectivity index (χ0v) is 13.2.